The minimum atomic E-state index is -0.0894. The average Bonchev–Trinajstić information content (AvgIpc) is 2.83. The fraction of sp³-hybridized carbons (Fsp3) is 0.200. The molecule has 0 radical (unpaired) electrons. The number of rotatable bonds is 3. The number of benzene rings is 1. The second-order valence-corrected chi connectivity index (χ2v) is 4.71. The average molecular weight is 252 g/mol. The molecule has 2 aromatic heterocycles. The molecule has 4 nitrogen and oxygen atoms in total. The number of hydrogen-bond donors (Lipinski definition) is 1. The van der Waals surface area contributed by atoms with Gasteiger partial charge in [-0.15, -0.1) is 0 Å². The van der Waals surface area contributed by atoms with Crippen LogP contribution in [0.25, 0.3) is 10.9 Å². The van der Waals surface area contributed by atoms with Crippen molar-refractivity contribution in [2.75, 3.05) is 0 Å². The molecule has 0 amide bonds. The van der Waals surface area contributed by atoms with E-state index in [1.54, 1.807) is 10.9 Å². The molecule has 0 spiro atoms. The summed E-state index contributed by atoms with van der Waals surface area (Å²) in [6, 6.07) is 12.0. The van der Waals surface area contributed by atoms with Gasteiger partial charge in [0.15, 0.2) is 0 Å². The minimum Gasteiger partial charge on any atom is -0.324 e. The zero-order chi connectivity index (χ0) is 13.2. The summed E-state index contributed by atoms with van der Waals surface area (Å²) in [5.74, 6) is 0. The standard InChI is InChI=1S/C15H16N4/c1-19-9-7-12(18-19)10-14(16)13-6-2-4-11-5-3-8-17-15(11)13/h2-9,14H,10,16H2,1H3. The smallest absolute Gasteiger partial charge is 0.0749 e. The van der Waals surface area contributed by atoms with Gasteiger partial charge in [-0.05, 0) is 17.7 Å². The third-order valence-electron chi connectivity index (χ3n) is 3.26. The predicted octanol–water partition coefficient (Wildman–Crippen LogP) is 2.21. The molecular formula is C15H16N4. The Bertz CT molecular complexity index is 697. The van der Waals surface area contributed by atoms with Crippen LogP contribution in [-0.4, -0.2) is 14.8 Å². The summed E-state index contributed by atoms with van der Waals surface area (Å²) in [5, 5.41) is 5.49. The summed E-state index contributed by atoms with van der Waals surface area (Å²) >= 11 is 0. The highest BCUT2D eigenvalue weighted by Crippen LogP contribution is 2.23. The minimum absolute atomic E-state index is 0.0894. The van der Waals surface area contributed by atoms with Gasteiger partial charge in [0.05, 0.1) is 11.2 Å². The molecule has 2 N–H and O–H groups in total. The Labute approximate surface area is 111 Å². The molecule has 3 aromatic rings. The molecule has 1 atom stereocenters. The third-order valence-corrected chi connectivity index (χ3v) is 3.26. The Morgan fingerprint density at radius 2 is 2.05 bits per heavy atom. The van der Waals surface area contributed by atoms with Crippen molar-refractivity contribution < 1.29 is 0 Å². The van der Waals surface area contributed by atoms with E-state index in [0.29, 0.717) is 0 Å². The third kappa shape index (κ3) is 2.35. The van der Waals surface area contributed by atoms with Gasteiger partial charge in [0.2, 0.25) is 0 Å². The van der Waals surface area contributed by atoms with Crippen LogP contribution < -0.4 is 5.73 Å². The second-order valence-electron chi connectivity index (χ2n) is 4.71. The second kappa shape index (κ2) is 4.82. The summed E-state index contributed by atoms with van der Waals surface area (Å²) in [5.41, 5.74) is 9.37. The lowest BCUT2D eigenvalue weighted by Gasteiger charge is -2.12. The van der Waals surface area contributed by atoms with E-state index >= 15 is 0 Å². The van der Waals surface area contributed by atoms with Crippen molar-refractivity contribution in [2.24, 2.45) is 12.8 Å². The summed E-state index contributed by atoms with van der Waals surface area (Å²) in [7, 11) is 1.91. The van der Waals surface area contributed by atoms with Crippen molar-refractivity contribution in [2.45, 2.75) is 12.5 Å². The molecule has 4 heteroatoms. The van der Waals surface area contributed by atoms with Gasteiger partial charge in [-0.3, -0.25) is 9.67 Å². The van der Waals surface area contributed by atoms with Gasteiger partial charge in [0.25, 0.3) is 0 Å². The Balaban J connectivity index is 1.95. The molecule has 2 heterocycles. The first-order valence-corrected chi connectivity index (χ1v) is 6.32. The molecule has 3 rings (SSSR count). The number of nitrogens with two attached hydrogens (primary N) is 1. The van der Waals surface area contributed by atoms with E-state index in [1.165, 1.54) is 0 Å². The summed E-state index contributed by atoms with van der Waals surface area (Å²) in [4.78, 5) is 4.44. The number of hydrogen-bond acceptors (Lipinski definition) is 3. The molecule has 0 aliphatic heterocycles. The normalized spacial score (nSPS) is 12.7. The zero-order valence-electron chi connectivity index (χ0n) is 10.8. The molecule has 19 heavy (non-hydrogen) atoms. The first-order chi connectivity index (χ1) is 9.24. The van der Waals surface area contributed by atoms with Crippen molar-refractivity contribution in [3.8, 4) is 0 Å². The van der Waals surface area contributed by atoms with Crippen LogP contribution in [0.2, 0.25) is 0 Å². The van der Waals surface area contributed by atoms with Gasteiger partial charge in [0.1, 0.15) is 0 Å². The van der Waals surface area contributed by atoms with Crippen LogP contribution in [0.15, 0.2) is 48.8 Å². The van der Waals surface area contributed by atoms with Gasteiger partial charge in [-0.25, -0.2) is 0 Å². The summed E-state index contributed by atoms with van der Waals surface area (Å²) < 4.78 is 1.80. The van der Waals surface area contributed by atoms with Gasteiger partial charge < -0.3 is 5.73 Å². The first-order valence-electron chi connectivity index (χ1n) is 6.32. The number of aryl methyl sites for hydroxylation is 1. The maximum absolute atomic E-state index is 6.31. The van der Waals surface area contributed by atoms with Gasteiger partial charge in [-0.1, -0.05) is 24.3 Å². The number of fused-ring (bicyclic) bond motifs is 1. The molecule has 1 aromatic carbocycles. The molecule has 0 saturated heterocycles. The Kier molecular flexibility index (Phi) is 3.01. The number of pyridine rings is 1. The van der Waals surface area contributed by atoms with E-state index in [4.69, 9.17) is 5.73 Å². The maximum Gasteiger partial charge on any atom is 0.0749 e. The molecule has 1 unspecified atom stereocenters. The van der Waals surface area contributed by atoms with Crippen molar-refractivity contribution in [3.05, 3.63) is 60.0 Å². The first kappa shape index (κ1) is 11.9. The quantitative estimate of drug-likeness (QED) is 0.777. The molecule has 0 bridgehead atoms. The molecule has 0 aliphatic rings. The highest BCUT2D eigenvalue weighted by atomic mass is 15.2. The Morgan fingerprint density at radius 1 is 1.21 bits per heavy atom. The van der Waals surface area contributed by atoms with E-state index in [-0.39, 0.29) is 6.04 Å². The van der Waals surface area contributed by atoms with E-state index < -0.39 is 0 Å². The monoisotopic (exact) mass is 252 g/mol. The van der Waals surface area contributed by atoms with Gasteiger partial charge in [-0.2, -0.15) is 5.10 Å². The fourth-order valence-corrected chi connectivity index (χ4v) is 2.33. The van der Waals surface area contributed by atoms with E-state index in [9.17, 15) is 0 Å². The topological polar surface area (TPSA) is 56.7 Å². The van der Waals surface area contributed by atoms with Crippen LogP contribution in [0.4, 0.5) is 0 Å². The lowest BCUT2D eigenvalue weighted by atomic mass is 10.00. The SMILES string of the molecule is Cn1ccc(CC(N)c2cccc3cccnc23)n1. The van der Waals surface area contributed by atoms with Crippen LogP contribution in [0.1, 0.15) is 17.3 Å². The number of nitrogens with zero attached hydrogens (tertiary/aromatic N) is 3. The predicted molar refractivity (Wildman–Crippen MR) is 75.6 cm³/mol. The van der Waals surface area contributed by atoms with Crippen molar-refractivity contribution in [1.82, 2.24) is 14.8 Å². The number of aromatic nitrogens is 3. The van der Waals surface area contributed by atoms with E-state index in [2.05, 4.69) is 22.2 Å². The van der Waals surface area contributed by atoms with Crippen molar-refractivity contribution in [1.29, 1.82) is 0 Å². The highest BCUT2D eigenvalue weighted by Gasteiger charge is 2.12. The summed E-state index contributed by atoms with van der Waals surface area (Å²) in [6.07, 6.45) is 4.46. The fourth-order valence-electron chi connectivity index (χ4n) is 2.33. The zero-order valence-corrected chi connectivity index (χ0v) is 10.8. The number of para-hydroxylation sites is 1. The Hall–Kier alpha value is -2.20. The highest BCUT2D eigenvalue weighted by molar-refractivity contribution is 5.82. The van der Waals surface area contributed by atoms with E-state index in [1.807, 2.05) is 37.5 Å². The van der Waals surface area contributed by atoms with Crippen LogP contribution in [0.3, 0.4) is 0 Å². The lowest BCUT2D eigenvalue weighted by Crippen LogP contribution is -2.14. The molecule has 96 valence electrons. The summed E-state index contributed by atoms with van der Waals surface area (Å²) in [6.45, 7) is 0. The van der Waals surface area contributed by atoms with Crippen LogP contribution >= 0.6 is 0 Å². The van der Waals surface area contributed by atoms with E-state index in [0.717, 1.165) is 28.6 Å². The van der Waals surface area contributed by atoms with Crippen molar-refractivity contribution in [3.63, 3.8) is 0 Å². The largest absolute Gasteiger partial charge is 0.324 e. The van der Waals surface area contributed by atoms with Crippen LogP contribution in [0, 0.1) is 0 Å². The molecular weight excluding hydrogens is 236 g/mol. The molecule has 0 fully saturated rings. The van der Waals surface area contributed by atoms with Crippen LogP contribution in [-0.2, 0) is 13.5 Å². The maximum atomic E-state index is 6.31. The van der Waals surface area contributed by atoms with Crippen LogP contribution in [0.5, 0.6) is 0 Å². The Morgan fingerprint density at radius 3 is 2.84 bits per heavy atom. The van der Waals surface area contributed by atoms with Crippen molar-refractivity contribution >= 4 is 10.9 Å². The van der Waals surface area contributed by atoms with Gasteiger partial charge in [0, 0.05) is 37.3 Å². The van der Waals surface area contributed by atoms with Gasteiger partial charge >= 0.3 is 0 Å². The lowest BCUT2D eigenvalue weighted by molar-refractivity contribution is 0.678. The molecule has 0 saturated carbocycles. The molecule has 0 aliphatic carbocycles.